The maximum Gasteiger partial charge on any atom is 0.255 e. The number of aryl methyl sites for hydroxylation is 1. The number of anilines is 1. The van der Waals surface area contributed by atoms with Crippen molar-refractivity contribution in [3.05, 3.63) is 62.7 Å². The Labute approximate surface area is 123 Å². The highest BCUT2D eigenvalue weighted by atomic mass is 127. The van der Waals surface area contributed by atoms with Crippen molar-refractivity contribution < 1.29 is 13.6 Å². The van der Waals surface area contributed by atoms with E-state index in [1.165, 1.54) is 0 Å². The zero-order valence-electron chi connectivity index (χ0n) is 10.0. The molecule has 2 rings (SSSR count). The van der Waals surface area contributed by atoms with Gasteiger partial charge in [0, 0.05) is 15.2 Å². The Morgan fingerprint density at radius 1 is 1.16 bits per heavy atom. The second-order valence-corrected chi connectivity index (χ2v) is 5.20. The van der Waals surface area contributed by atoms with Crippen molar-refractivity contribution in [3.8, 4) is 0 Å². The van der Waals surface area contributed by atoms with Gasteiger partial charge in [-0.05, 0) is 59.3 Å². The lowest BCUT2D eigenvalue weighted by Crippen LogP contribution is -2.13. The van der Waals surface area contributed by atoms with Crippen LogP contribution in [0.25, 0.3) is 0 Å². The molecule has 0 aliphatic rings. The van der Waals surface area contributed by atoms with Crippen LogP contribution in [-0.4, -0.2) is 5.91 Å². The van der Waals surface area contributed by atoms with E-state index in [2.05, 4.69) is 27.9 Å². The third kappa shape index (κ3) is 3.28. The molecule has 2 nitrogen and oxygen atoms in total. The van der Waals surface area contributed by atoms with Gasteiger partial charge in [-0.2, -0.15) is 0 Å². The van der Waals surface area contributed by atoms with Crippen LogP contribution in [0.2, 0.25) is 0 Å². The minimum absolute atomic E-state index is 0.166. The third-order valence-electron chi connectivity index (χ3n) is 2.61. The number of benzene rings is 2. The molecule has 1 amide bonds. The Morgan fingerprint density at radius 2 is 1.89 bits per heavy atom. The molecule has 19 heavy (non-hydrogen) atoms. The molecule has 1 N–H and O–H groups in total. The Morgan fingerprint density at radius 3 is 2.58 bits per heavy atom. The van der Waals surface area contributed by atoms with E-state index in [1.54, 1.807) is 18.2 Å². The van der Waals surface area contributed by atoms with Gasteiger partial charge < -0.3 is 5.32 Å². The molecule has 2 aromatic rings. The minimum atomic E-state index is -0.670. The van der Waals surface area contributed by atoms with Gasteiger partial charge >= 0.3 is 0 Å². The summed E-state index contributed by atoms with van der Waals surface area (Å²) < 4.78 is 27.3. The molecule has 0 unspecified atom stereocenters. The molecule has 0 aliphatic heterocycles. The standard InChI is InChI=1S/C14H10F2INO/c1-8-2-3-9(6-12(8)17)14(19)18-13-7-10(15)4-5-11(13)16/h2-7H,1H3,(H,18,19). The Bertz CT molecular complexity index is 643. The number of hydrogen-bond acceptors (Lipinski definition) is 1. The van der Waals surface area contributed by atoms with Gasteiger partial charge in [0.25, 0.3) is 5.91 Å². The van der Waals surface area contributed by atoms with Gasteiger partial charge in [-0.25, -0.2) is 8.78 Å². The highest BCUT2D eigenvalue weighted by Crippen LogP contribution is 2.18. The maximum absolute atomic E-state index is 13.4. The first kappa shape index (κ1) is 13.9. The summed E-state index contributed by atoms with van der Waals surface area (Å²) in [4.78, 5) is 11.9. The number of rotatable bonds is 2. The summed E-state index contributed by atoms with van der Waals surface area (Å²) in [5.41, 5.74) is 1.29. The van der Waals surface area contributed by atoms with Crippen LogP contribution in [-0.2, 0) is 0 Å². The maximum atomic E-state index is 13.4. The van der Waals surface area contributed by atoms with Crippen molar-refractivity contribution >= 4 is 34.2 Å². The molecular weight excluding hydrogens is 363 g/mol. The molecular formula is C14H10F2INO. The van der Waals surface area contributed by atoms with Gasteiger partial charge in [0.1, 0.15) is 11.6 Å². The SMILES string of the molecule is Cc1ccc(C(=O)Nc2cc(F)ccc2F)cc1I. The summed E-state index contributed by atoms with van der Waals surface area (Å²) in [6.07, 6.45) is 0. The van der Waals surface area contributed by atoms with E-state index in [-0.39, 0.29) is 5.69 Å². The van der Waals surface area contributed by atoms with Crippen molar-refractivity contribution in [2.75, 3.05) is 5.32 Å². The molecule has 2 aromatic carbocycles. The smallest absolute Gasteiger partial charge is 0.255 e. The van der Waals surface area contributed by atoms with Gasteiger partial charge in [-0.1, -0.05) is 6.07 Å². The van der Waals surface area contributed by atoms with Crippen molar-refractivity contribution in [2.24, 2.45) is 0 Å². The van der Waals surface area contributed by atoms with Gasteiger partial charge in [0.2, 0.25) is 0 Å². The van der Waals surface area contributed by atoms with Crippen LogP contribution in [0.1, 0.15) is 15.9 Å². The third-order valence-corrected chi connectivity index (χ3v) is 3.77. The van der Waals surface area contributed by atoms with Crippen LogP contribution in [0.4, 0.5) is 14.5 Å². The first-order chi connectivity index (χ1) is 8.97. The molecule has 98 valence electrons. The lowest BCUT2D eigenvalue weighted by molar-refractivity contribution is 0.102. The summed E-state index contributed by atoms with van der Waals surface area (Å²) in [6.45, 7) is 1.93. The number of amides is 1. The normalized spacial score (nSPS) is 10.3. The van der Waals surface area contributed by atoms with Crippen molar-refractivity contribution in [1.82, 2.24) is 0 Å². The minimum Gasteiger partial charge on any atom is -0.319 e. The molecule has 0 fully saturated rings. The fourth-order valence-electron chi connectivity index (χ4n) is 1.52. The van der Waals surface area contributed by atoms with Crippen molar-refractivity contribution in [1.29, 1.82) is 0 Å². The molecule has 0 spiro atoms. The predicted octanol–water partition coefficient (Wildman–Crippen LogP) is 4.13. The summed E-state index contributed by atoms with van der Waals surface area (Å²) in [7, 11) is 0. The summed E-state index contributed by atoms with van der Waals surface area (Å²) >= 11 is 2.11. The second kappa shape index (κ2) is 5.64. The molecule has 0 radical (unpaired) electrons. The second-order valence-electron chi connectivity index (χ2n) is 4.04. The fourth-order valence-corrected chi connectivity index (χ4v) is 2.04. The van der Waals surface area contributed by atoms with E-state index in [4.69, 9.17) is 0 Å². The average Bonchev–Trinajstić information content (AvgIpc) is 2.37. The van der Waals surface area contributed by atoms with Crippen LogP contribution in [0.5, 0.6) is 0 Å². The van der Waals surface area contributed by atoms with E-state index >= 15 is 0 Å². The average molecular weight is 373 g/mol. The van der Waals surface area contributed by atoms with Gasteiger partial charge in [0.15, 0.2) is 0 Å². The summed E-state index contributed by atoms with van der Waals surface area (Å²) in [6, 6.07) is 8.07. The zero-order chi connectivity index (χ0) is 14.0. The molecule has 0 heterocycles. The monoisotopic (exact) mass is 373 g/mol. The van der Waals surface area contributed by atoms with E-state index in [1.807, 2.05) is 6.92 Å². The Balaban J connectivity index is 2.25. The number of carbonyl (C=O) groups is 1. The predicted molar refractivity (Wildman–Crippen MR) is 78.2 cm³/mol. The quantitative estimate of drug-likeness (QED) is 0.789. The Kier molecular flexibility index (Phi) is 4.14. The highest BCUT2D eigenvalue weighted by Gasteiger charge is 2.11. The lowest BCUT2D eigenvalue weighted by atomic mass is 10.1. The number of carbonyl (C=O) groups excluding carboxylic acids is 1. The van der Waals surface area contributed by atoms with Gasteiger partial charge in [0.05, 0.1) is 5.69 Å². The van der Waals surface area contributed by atoms with E-state index < -0.39 is 17.5 Å². The summed E-state index contributed by atoms with van der Waals surface area (Å²) in [5.74, 6) is -1.74. The van der Waals surface area contributed by atoms with E-state index in [9.17, 15) is 13.6 Å². The first-order valence-corrected chi connectivity index (χ1v) is 6.58. The molecule has 0 saturated heterocycles. The van der Waals surface area contributed by atoms with Gasteiger partial charge in [-0.15, -0.1) is 0 Å². The largest absolute Gasteiger partial charge is 0.319 e. The van der Waals surface area contributed by atoms with E-state index in [0.29, 0.717) is 5.56 Å². The van der Waals surface area contributed by atoms with Gasteiger partial charge in [-0.3, -0.25) is 4.79 Å². The fraction of sp³-hybridized carbons (Fsp3) is 0.0714. The Hall–Kier alpha value is -1.50. The number of hydrogen-bond donors (Lipinski definition) is 1. The molecule has 0 saturated carbocycles. The zero-order valence-corrected chi connectivity index (χ0v) is 12.2. The molecule has 5 heteroatoms. The van der Waals surface area contributed by atoms with Crippen LogP contribution in [0, 0.1) is 22.1 Å². The molecule has 0 aliphatic carbocycles. The van der Waals surface area contributed by atoms with E-state index in [0.717, 1.165) is 27.3 Å². The van der Waals surface area contributed by atoms with Crippen LogP contribution < -0.4 is 5.32 Å². The molecule has 0 aromatic heterocycles. The topological polar surface area (TPSA) is 29.1 Å². The molecule has 0 bridgehead atoms. The highest BCUT2D eigenvalue weighted by molar-refractivity contribution is 14.1. The van der Waals surface area contributed by atoms with Crippen LogP contribution in [0.15, 0.2) is 36.4 Å². The van der Waals surface area contributed by atoms with Crippen molar-refractivity contribution in [2.45, 2.75) is 6.92 Å². The van der Waals surface area contributed by atoms with Crippen molar-refractivity contribution in [3.63, 3.8) is 0 Å². The lowest BCUT2D eigenvalue weighted by Gasteiger charge is -2.07. The number of halogens is 3. The number of nitrogens with one attached hydrogen (secondary N) is 1. The summed E-state index contributed by atoms with van der Waals surface area (Å²) in [5, 5.41) is 2.36. The van der Waals surface area contributed by atoms with Crippen LogP contribution >= 0.6 is 22.6 Å². The molecule has 0 atom stereocenters. The van der Waals surface area contributed by atoms with Crippen LogP contribution in [0.3, 0.4) is 0 Å². The first-order valence-electron chi connectivity index (χ1n) is 5.50.